The maximum Gasteiger partial charge on any atom is 0.328 e. The molecule has 68 heavy (non-hydrogen) atoms. The van der Waals surface area contributed by atoms with Gasteiger partial charge in [-0.2, -0.15) is 0 Å². The fourth-order valence-corrected chi connectivity index (χ4v) is 9.08. The van der Waals surface area contributed by atoms with Crippen molar-refractivity contribution < 1.29 is 33.4 Å². The number of fused-ring (bicyclic) bond motifs is 2. The zero-order valence-corrected chi connectivity index (χ0v) is 42.6. The van der Waals surface area contributed by atoms with E-state index in [-0.39, 0.29) is 22.3 Å². The lowest BCUT2D eigenvalue weighted by Gasteiger charge is -2.25. The minimum absolute atomic E-state index is 0.172. The minimum atomic E-state index is -0.800. The van der Waals surface area contributed by atoms with Gasteiger partial charge in [0.1, 0.15) is 12.1 Å². The van der Waals surface area contributed by atoms with E-state index >= 15 is 0 Å². The second kappa shape index (κ2) is 24.0. The van der Waals surface area contributed by atoms with E-state index in [1.807, 2.05) is 81.4 Å². The van der Waals surface area contributed by atoms with Crippen LogP contribution in [0, 0.1) is 43.4 Å². The van der Waals surface area contributed by atoms with E-state index in [0.717, 1.165) is 69.6 Å². The smallest absolute Gasteiger partial charge is 0.328 e. The van der Waals surface area contributed by atoms with E-state index < -0.39 is 36.0 Å². The van der Waals surface area contributed by atoms with E-state index in [2.05, 4.69) is 76.7 Å². The normalized spacial score (nSPS) is 13.2. The van der Waals surface area contributed by atoms with Crippen LogP contribution in [-0.4, -0.2) is 56.1 Å². The van der Waals surface area contributed by atoms with Crippen molar-refractivity contribution in [1.82, 2.24) is 10.6 Å². The Bertz CT molecular complexity index is 2550. The molecule has 4 atom stereocenters. The number of nitrogens with two attached hydrogens (primary N) is 1. The van der Waals surface area contributed by atoms with Crippen LogP contribution in [0.3, 0.4) is 0 Å². The zero-order chi connectivity index (χ0) is 50.5. The number of nitrogen functional groups attached to an aromatic ring is 1. The first-order chi connectivity index (χ1) is 31.9. The highest BCUT2D eigenvalue weighted by Crippen LogP contribution is 2.30. The summed E-state index contributed by atoms with van der Waals surface area (Å²) in [6.07, 6.45) is 4.62. The molecule has 5 rings (SSSR count). The van der Waals surface area contributed by atoms with Crippen LogP contribution in [0.15, 0.2) is 84.9 Å². The summed E-state index contributed by atoms with van der Waals surface area (Å²) in [6, 6.07) is 24.4. The van der Waals surface area contributed by atoms with Gasteiger partial charge in [-0.05, 0) is 139 Å². The van der Waals surface area contributed by atoms with Gasteiger partial charge in [-0.15, -0.1) is 0 Å². The molecule has 4 unspecified atom stereocenters. The van der Waals surface area contributed by atoms with Crippen molar-refractivity contribution in [2.45, 2.75) is 127 Å². The Hall–Kier alpha value is -6.43. The first-order valence-corrected chi connectivity index (χ1v) is 23.6. The molecule has 12 nitrogen and oxygen atoms in total. The number of amides is 4. The second-order valence-corrected chi connectivity index (χ2v) is 20.9. The molecule has 12 heteroatoms. The topological polar surface area (TPSA) is 178 Å². The molecule has 0 aliphatic rings. The summed E-state index contributed by atoms with van der Waals surface area (Å²) in [4.78, 5) is 64.4. The Kier molecular flexibility index (Phi) is 19.1. The highest BCUT2D eigenvalue weighted by atomic mass is 16.5. The number of rotatable bonds is 16. The minimum Gasteiger partial charge on any atom is -0.467 e. The third-order valence-electron chi connectivity index (χ3n) is 11.9. The highest BCUT2D eigenvalue weighted by molar-refractivity contribution is 6.10. The van der Waals surface area contributed by atoms with Gasteiger partial charge in [-0.25, -0.2) is 14.4 Å². The maximum atomic E-state index is 13.6. The van der Waals surface area contributed by atoms with Crippen LogP contribution in [-0.2, 0) is 19.1 Å². The first-order valence-electron chi connectivity index (χ1n) is 23.6. The monoisotopic (exact) mass is 930 g/mol. The van der Waals surface area contributed by atoms with Gasteiger partial charge < -0.3 is 36.5 Å². The van der Waals surface area contributed by atoms with Gasteiger partial charge in [0, 0.05) is 11.4 Å². The molecule has 4 amide bonds. The summed E-state index contributed by atoms with van der Waals surface area (Å²) in [6.45, 7) is 23.4. The van der Waals surface area contributed by atoms with Crippen molar-refractivity contribution in [3.8, 4) is 0 Å². The zero-order valence-electron chi connectivity index (χ0n) is 42.6. The van der Waals surface area contributed by atoms with Gasteiger partial charge in [0.2, 0.25) is 0 Å². The second-order valence-electron chi connectivity index (χ2n) is 20.9. The third kappa shape index (κ3) is 16.4. The fourth-order valence-electron chi connectivity index (χ4n) is 9.08. The van der Waals surface area contributed by atoms with Gasteiger partial charge in [0.05, 0.1) is 31.0 Å². The number of hydrogen-bond donors (Lipinski definition) is 5. The predicted molar refractivity (Wildman–Crippen MR) is 277 cm³/mol. The number of ether oxygens (including phenoxy) is 2. The number of hydrogen-bond acceptors (Lipinski definition) is 8. The van der Waals surface area contributed by atoms with Crippen LogP contribution >= 0.6 is 0 Å². The van der Waals surface area contributed by atoms with Gasteiger partial charge >= 0.3 is 18.0 Å². The number of esters is 2. The molecule has 0 aromatic heterocycles. The number of anilines is 3. The quantitative estimate of drug-likeness (QED) is 0.0479. The Balaban J connectivity index is 0.000000316. The van der Waals surface area contributed by atoms with Crippen molar-refractivity contribution in [1.29, 1.82) is 0 Å². The SMILES string of the molecule is COC(=O)C(CCC(C)CC(C)(C)C)NC(=O)c1cc2ccccc2cc1N.COC(=O)C(CCC(C)CC(C)(C)C)NC(=O)c1cc2ccccc2cc1NC(=O)Nc1c(C)cc(C)cc1C. The van der Waals surface area contributed by atoms with Crippen molar-refractivity contribution in [3.63, 3.8) is 0 Å². The highest BCUT2D eigenvalue weighted by Gasteiger charge is 2.27. The molecular weight excluding hydrogens is 855 g/mol. The van der Waals surface area contributed by atoms with Crippen molar-refractivity contribution in [2.24, 2.45) is 22.7 Å². The molecule has 366 valence electrons. The molecule has 0 spiro atoms. The molecule has 6 N–H and O–H groups in total. The van der Waals surface area contributed by atoms with Crippen LogP contribution in [0.4, 0.5) is 21.9 Å². The Morgan fingerprint density at radius 2 is 0.956 bits per heavy atom. The number of urea groups is 1. The number of aryl methyl sites for hydroxylation is 3. The lowest BCUT2D eigenvalue weighted by atomic mass is 9.83. The van der Waals surface area contributed by atoms with Crippen LogP contribution in [0.2, 0.25) is 0 Å². The van der Waals surface area contributed by atoms with E-state index in [0.29, 0.717) is 41.6 Å². The van der Waals surface area contributed by atoms with Crippen molar-refractivity contribution in [3.05, 3.63) is 113 Å². The molecule has 0 aliphatic carbocycles. The number of nitrogens with one attached hydrogen (secondary N) is 4. The van der Waals surface area contributed by atoms with Gasteiger partial charge in [-0.3, -0.25) is 9.59 Å². The van der Waals surface area contributed by atoms with Crippen molar-refractivity contribution in [2.75, 3.05) is 30.6 Å². The third-order valence-corrected chi connectivity index (χ3v) is 11.9. The number of benzene rings is 5. The van der Waals surface area contributed by atoms with Gasteiger partial charge in [0.15, 0.2) is 0 Å². The van der Waals surface area contributed by atoms with Crippen LogP contribution in [0.25, 0.3) is 21.5 Å². The van der Waals surface area contributed by atoms with Gasteiger partial charge in [-0.1, -0.05) is 122 Å². The van der Waals surface area contributed by atoms with Crippen LogP contribution < -0.4 is 27.0 Å². The van der Waals surface area contributed by atoms with Crippen molar-refractivity contribution >= 4 is 68.4 Å². The predicted octanol–water partition coefficient (Wildman–Crippen LogP) is 12.1. The Morgan fingerprint density at radius 1 is 0.559 bits per heavy atom. The van der Waals surface area contributed by atoms with E-state index in [1.54, 1.807) is 24.3 Å². The molecule has 5 aromatic carbocycles. The summed E-state index contributed by atoms with van der Waals surface area (Å²) < 4.78 is 9.91. The average molecular weight is 930 g/mol. The standard InChI is InChI=1S/C33H43N3O4.C23H32N2O3/c1-20(19-33(5,6)7)13-14-27(31(38)40-8)34-30(37)26-17-24-11-9-10-12-25(24)18-28(26)35-32(39)36-29-22(3)15-21(2)16-23(29)4;1-15(14-23(2,3)4)10-11-20(22(27)28-5)25-21(26)18-12-16-8-6-7-9-17(16)13-19(18)24/h9-12,15-18,20,27H,13-14,19H2,1-8H3,(H,34,37)(H2,35,36,39);6-9,12-13,15,20H,10-11,14,24H2,1-5H3,(H,25,26). The molecule has 0 heterocycles. The average Bonchev–Trinajstić information content (AvgIpc) is 3.25. The molecule has 0 saturated carbocycles. The molecule has 0 saturated heterocycles. The maximum absolute atomic E-state index is 13.6. The molecule has 5 aromatic rings. The van der Waals surface area contributed by atoms with Crippen LogP contribution in [0.1, 0.15) is 131 Å². The largest absolute Gasteiger partial charge is 0.467 e. The molecule has 0 fully saturated rings. The Morgan fingerprint density at radius 3 is 1.38 bits per heavy atom. The first kappa shape index (κ1) is 54.2. The fraction of sp³-hybridized carbons (Fsp3) is 0.446. The number of carbonyl (C=O) groups is 5. The molecule has 0 aliphatic heterocycles. The molecular formula is C56H75N5O7. The number of methoxy groups -OCH3 is 2. The van der Waals surface area contributed by atoms with E-state index in [9.17, 15) is 24.0 Å². The van der Waals surface area contributed by atoms with Crippen LogP contribution in [0.5, 0.6) is 0 Å². The lowest BCUT2D eigenvalue weighted by Crippen LogP contribution is -2.42. The summed E-state index contributed by atoms with van der Waals surface area (Å²) >= 11 is 0. The van der Waals surface area contributed by atoms with E-state index in [1.165, 1.54) is 14.2 Å². The van der Waals surface area contributed by atoms with Gasteiger partial charge in [0.25, 0.3) is 11.8 Å². The molecule has 0 bridgehead atoms. The summed E-state index contributed by atoms with van der Waals surface area (Å²) in [5.74, 6) is -0.927. The molecule has 0 radical (unpaired) electrons. The lowest BCUT2D eigenvalue weighted by molar-refractivity contribution is -0.143. The summed E-state index contributed by atoms with van der Waals surface area (Å²) in [5, 5.41) is 15.1. The number of carbonyl (C=O) groups excluding carboxylic acids is 5. The van der Waals surface area contributed by atoms with E-state index in [4.69, 9.17) is 15.2 Å². The summed E-state index contributed by atoms with van der Waals surface area (Å²) in [5.41, 5.74) is 11.6. The Labute approximate surface area is 403 Å². The summed E-state index contributed by atoms with van der Waals surface area (Å²) in [7, 11) is 2.66.